The third kappa shape index (κ3) is 6.25. The molecule has 0 unspecified atom stereocenters. The minimum absolute atomic E-state index is 0.0487. The van der Waals surface area contributed by atoms with Gasteiger partial charge in [-0.3, -0.25) is 14.4 Å². The number of aliphatic hydroxyl groups excluding tert-OH is 1. The molecule has 11 nitrogen and oxygen atoms in total. The summed E-state index contributed by atoms with van der Waals surface area (Å²) in [5, 5.41) is 22.4. The van der Waals surface area contributed by atoms with Crippen molar-refractivity contribution in [1.82, 2.24) is 30.1 Å². The molecule has 216 valence electrons. The van der Waals surface area contributed by atoms with Gasteiger partial charge in [-0.15, -0.1) is 5.10 Å². The molecule has 0 radical (unpaired) electrons. The summed E-state index contributed by atoms with van der Waals surface area (Å²) in [6.07, 6.45) is 3.27. The average molecular weight is 572 g/mol. The number of aliphatic hydroxyl groups is 1. The Kier molecular flexibility index (Phi) is 8.05. The highest BCUT2D eigenvalue weighted by Crippen LogP contribution is 2.40. The summed E-state index contributed by atoms with van der Waals surface area (Å²) >= 11 is 6.11. The van der Waals surface area contributed by atoms with Crippen LogP contribution in [0, 0.1) is 5.41 Å². The van der Waals surface area contributed by atoms with Crippen LogP contribution in [0.25, 0.3) is 0 Å². The van der Waals surface area contributed by atoms with Crippen molar-refractivity contribution >= 4 is 35.0 Å². The van der Waals surface area contributed by atoms with Crippen molar-refractivity contribution in [3.8, 4) is 0 Å². The zero-order valence-corrected chi connectivity index (χ0v) is 24.0. The number of anilines is 1. The zero-order chi connectivity index (χ0) is 28.6. The number of rotatable bonds is 7. The first-order valence-electron chi connectivity index (χ1n) is 14.0. The van der Waals surface area contributed by atoms with Crippen LogP contribution in [0.4, 0.5) is 5.69 Å². The SMILES string of the molecule is CC(C)(C)[C@@H](C(=O)N1C[C@H](O)C[C@H]1C(=O)NCC(=O)N1CCN(c2cccc(Cl)c2)CC1)n1cc(C2CC2)nn1. The number of nitrogens with zero attached hydrogens (tertiary/aromatic N) is 6. The standard InChI is InChI=1S/C28H38ClN7O4/c1-28(2,3)25(36-17-22(31-32-36)18-7-8-18)27(40)35-16-21(37)14-23(35)26(39)30-15-24(38)34-11-9-33(10-12-34)20-6-4-5-19(29)13-20/h4-6,13,17-18,21,23,25,37H,7-12,14-16H2,1-3H3,(H,30,39)/t21-,23+,25-/m1/s1. The van der Waals surface area contributed by atoms with Gasteiger partial charge in [0, 0.05) is 62.0 Å². The quantitative estimate of drug-likeness (QED) is 0.519. The summed E-state index contributed by atoms with van der Waals surface area (Å²) in [6, 6.07) is 6.07. The molecule has 0 bridgehead atoms. The normalized spacial score (nSPS) is 22.4. The number of benzene rings is 1. The van der Waals surface area contributed by atoms with Gasteiger partial charge in [0.1, 0.15) is 12.1 Å². The van der Waals surface area contributed by atoms with Gasteiger partial charge in [0.05, 0.1) is 18.3 Å². The number of nitrogens with one attached hydrogen (secondary N) is 1. The number of piperazine rings is 1. The molecule has 2 aromatic rings. The number of halogens is 1. The minimum Gasteiger partial charge on any atom is -0.391 e. The number of amides is 3. The molecule has 2 N–H and O–H groups in total. The van der Waals surface area contributed by atoms with Gasteiger partial charge in [0.15, 0.2) is 0 Å². The van der Waals surface area contributed by atoms with E-state index in [0.29, 0.717) is 37.1 Å². The molecule has 3 amide bonds. The van der Waals surface area contributed by atoms with Crippen molar-refractivity contribution in [2.24, 2.45) is 5.41 Å². The molecular weight excluding hydrogens is 534 g/mol. The van der Waals surface area contributed by atoms with E-state index in [9.17, 15) is 19.5 Å². The maximum Gasteiger partial charge on any atom is 0.248 e. The van der Waals surface area contributed by atoms with Gasteiger partial charge < -0.3 is 25.1 Å². The van der Waals surface area contributed by atoms with Crippen LogP contribution in [0.1, 0.15) is 57.7 Å². The van der Waals surface area contributed by atoms with Crippen LogP contribution >= 0.6 is 11.6 Å². The number of carbonyl (C=O) groups excluding carboxylic acids is 3. The van der Waals surface area contributed by atoms with Gasteiger partial charge in [0.25, 0.3) is 0 Å². The highest BCUT2D eigenvalue weighted by molar-refractivity contribution is 6.30. The molecule has 3 fully saturated rings. The maximum absolute atomic E-state index is 13.9. The maximum atomic E-state index is 13.9. The Hall–Kier alpha value is -3.18. The first kappa shape index (κ1) is 28.4. The molecule has 3 heterocycles. The van der Waals surface area contributed by atoms with Crippen molar-refractivity contribution in [1.29, 1.82) is 0 Å². The Morgan fingerprint density at radius 1 is 1.15 bits per heavy atom. The van der Waals surface area contributed by atoms with Crippen molar-refractivity contribution in [2.75, 3.05) is 44.2 Å². The van der Waals surface area contributed by atoms with Crippen LogP contribution in [0.15, 0.2) is 30.5 Å². The topological polar surface area (TPSA) is 124 Å². The number of hydrogen-bond acceptors (Lipinski definition) is 7. The Morgan fingerprint density at radius 2 is 1.88 bits per heavy atom. The Labute approximate surface area is 239 Å². The molecule has 1 aromatic carbocycles. The summed E-state index contributed by atoms with van der Waals surface area (Å²) < 4.78 is 1.60. The third-order valence-corrected chi connectivity index (χ3v) is 8.16. The lowest BCUT2D eigenvalue weighted by atomic mass is 9.85. The highest BCUT2D eigenvalue weighted by Gasteiger charge is 2.45. The predicted molar refractivity (Wildman–Crippen MR) is 150 cm³/mol. The first-order valence-corrected chi connectivity index (χ1v) is 14.4. The van der Waals surface area contributed by atoms with Crippen molar-refractivity contribution in [2.45, 2.75) is 64.1 Å². The lowest BCUT2D eigenvalue weighted by Gasteiger charge is -2.36. The van der Waals surface area contributed by atoms with Gasteiger partial charge in [-0.25, -0.2) is 4.68 Å². The number of aromatic nitrogens is 3. The molecular formula is C28H38ClN7O4. The Balaban J connectivity index is 1.19. The fourth-order valence-corrected chi connectivity index (χ4v) is 5.79. The molecule has 1 aromatic heterocycles. The number of β-amino-alcohol motifs (C(OH)–C–C–N with tert-alkyl or cyclic N) is 1. The molecule has 12 heteroatoms. The number of hydrogen-bond donors (Lipinski definition) is 2. The van der Waals surface area contributed by atoms with E-state index in [4.69, 9.17) is 11.6 Å². The summed E-state index contributed by atoms with van der Waals surface area (Å²) in [5.74, 6) is -0.520. The van der Waals surface area contributed by atoms with Gasteiger partial charge in [-0.2, -0.15) is 0 Å². The van der Waals surface area contributed by atoms with Crippen LogP contribution in [-0.2, 0) is 14.4 Å². The van der Waals surface area contributed by atoms with Gasteiger partial charge >= 0.3 is 0 Å². The summed E-state index contributed by atoms with van der Waals surface area (Å²) in [4.78, 5) is 45.3. The van der Waals surface area contributed by atoms with E-state index in [2.05, 4.69) is 20.5 Å². The van der Waals surface area contributed by atoms with E-state index in [1.807, 2.05) is 51.2 Å². The van der Waals surface area contributed by atoms with E-state index in [1.54, 1.807) is 9.58 Å². The molecule has 0 spiro atoms. The minimum atomic E-state index is -0.869. The van der Waals surface area contributed by atoms with Crippen LogP contribution in [0.3, 0.4) is 0 Å². The fraction of sp³-hybridized carbons (Fsp3) is 0.607. The second kappa shape index (κ2) is 11.4. The van der Waals surface area contributed by atoms with E-state index in [1.165, 1.54) is 4.90 Å². The summed E-state index contributed by atoms with van der Waals surface area (Å²) in [5.41, 5.74) is 1.38. The molecule has 40 heavy (non-hydrogen) atoms. The predicted octanol–water partition coefficient (Wildman–Crippen LogP) is 1.82. The molecule has 1 aliphatic carbocycles. The second-order valence-electron chi connectivity index (χ2n) is 12.1. The second-order valence-corrected chi connectivity index (χ2v) is 12.6. The first-order chi connectivity index (χ1) is 19.0. The van der Waals surface area contributed by atoms with E-state index < -0.39 is 29.5 Å². The Bertz CT molecular complexity index is 1250. The van der Waals surface area contributed by atoms with E-state index >= 15 is 0 Å². The summed E-state index contributed by atoms with van der Waals surface area (Å²) in [7, 11) is 0. The average Bonchev–Trinajstić information content (AvgIpc) is 3.52. The van der Waals surface area contributed by atoms with Crippen LogP contribution in [0.5, 0.6) is 0 Å². The van der Waals surface area contributed by atoms with Crippen LogP contribution in [0.2, 0.25) is 5.02 Å². The van der Waals surface area contributed by atoms with E-state index in [0.717, 1.165) is 24.2 Å². The fourth-order valence-electron chi connectivity index (χ4n) is 5.61. The molecule has 1 saturated carbocycles. The van der Waals surface area contributed by atoms with E-state index in [-0.39, 0.29) is 31.3 Å². The Morgan fingerprint density at radius 3 is 2.52 bits per heavy atom. The molecule has 3 aliphatic rings. The van der Waals surface area contributed by atoms with Gasteiger partial charge in [-0.05, 0) is 36.5 Å². The molecule has 5 rings (SSSR count). The molecule has 3 atom stereocenters. The zero-order valence-electron chi connectivity index (χ0n) is 23.3. The lowest BCUT2D eigenvalue weighted by molar-refractivity contribution is -0.144. The monoisotopic (exact) mass is 571 g/mol. The van der Waals surface area contributed by atoms with Crippen molar-refractivity contribution < 1.29 is 19.5 Å². The third-order valence-electron chi connectivity index (χ3n) is 7.93. The number of likely N-dealkylation sites (tertiary alicyclic amines) is 1. The van der Waals surface area contributed by atoms with Crippen molar-refractivity contribution in [3.05, 3.63) is 41.2 Å². The largest absolute Gasteiger partial charge is 0.391 e. The lowest BCUT2D eigenvalue weighted by Crippen LogP contribution is -2.54. The van der Waals surface area contributed by atoms with Crippen LogP contribution < -0.4 is 10.2 Å². The van der Waals surface area contributed by atoms with Gasteiger partial charge in [-0.1, -0.05) is 43.7 Å². The molecule has 2 saturated heterocycles. The molecule has 2 aliphatic heterocycles. The van der Waals surface area contributed by atoms with Crippen molar-refractivity contribution in [3.63, 3.8) is 0 Å². The van der Waals surface area contributed by atoms with Crippen LogP contribution in [-0.4, -0.2) is 99.0 Å². The summed E-state index contributed by atoms with van der Waals surface area (Å²) in [6.45, 7) is 8.10. The smallest absolute Gasteiger partial charge is 0.248 e. The number of carbonyl (C=O) groups is 3. The highest BCUT2D eigenvalue weighted by atomic mass is 35.5. The van der Waals surface area contributed by atoms with Gasteiger partial charge in [0.2, 0.25) is 17.7 Å².